The molecule has 2 rings (SSSR count). The van der Waals surface area contributed by atoms with Crippen LogP contribution in [0.1, 0.15) is 44.4 Å². The summed E-state index contributed by atoms with van der Waals surface area (Å²) in [5.41, 5.74) is 0.578. The van der Waals surface area contributed by atoms with Crippen molar-refractivity contribution in [1.29, 1.82) is 0 Å². The van der Waals surface area contributed by atoms with Crippen molar-refractivity contribution in [3.8, 4) is 0 Å². The van der Waals surface area contributed by atoms with Crippen LogP contribution in [0.15, 0.2) is 17.5 Å². The molecule has 1 aliphatic carbocycles. The maximum absolute atomic E-state index is 3.54. The van der Waals surface area contributed by atoms with Crippen LogP contribution in [0.3, 0.4) is 0 Å². The third-order valence-electron chi connectivity index (χ3n) is 4.45. The Kier molecular flexibility index (Phi) is 5.43. The Balaban J connectivity index is 1.61. The third kappa shape index (κ3) is 4.90. The maximum atomic E-state index is 3.54. The molecule has 0 atom stereocenters. The fourth-order valence-corrected chi connectivity index (χ4v) is 3.56. The van der Waals surface area contributed by atoms with Crippen LogP contribution in [0.25, 0.3) is 0 Å². The van der Waals surface area contributed by atoms with Crippen molar-refractivity contribution < 1.29 is 0 Å². The molecule has 0 saturated heterocycles. The fourth-order valence-electron chi connectivity index (χ4n) is 2.89. The molecule has 1 saturated carbocycles. The summed E-state index contributed by atoms with van der Waals surface area (Å²) in [4.78, 5) is 3.98. The summed E-state index contributed by atoms with van der Waals surface area (Å²) in [7, 11) is 2.29. The summed E-state index contributed by atoms with van der Waals surface area (Å²) in [6.07, 6.45) is 5.50. The largest absolute Gasteiger partial charge is 0.311 e. The zero-order chi connectivity index (χ0) is 13.7. The molecule has 1 aromatic heterocycles. The quantitative estimate of drug-likeness (QED) is 0.799. The molecular formula is C16H28N2S. The van der Waals surface area contributed by atoms with Gasteiger partial charge in [-0.15, -0.1) is 11.3 Å². The summed E-state index contributed by atoms with van der Waals surface area (Å²) >= 11 is 1.83. The van der Waals surface area contributed by atoms with Crippen LogP contribution >= 0.6 is 11.3 Å². The summed E-state index contributed by atoms with van der Waals surface area (Å²) < 4.78 is 0. The number of rotatable bonds is 6. The monoisotopic (exact) mass is 280 g/mol. The van der Waals surface area contributed by atoms with E-state index in [1.807, 2.05) is 11.3 Å². The first-order chi connectivity index (χ1) is 9.07. The number of thiophene rings is 1. The topological polar surface area (TPSA) is 15.3 Å². The average molecular weight is 280 g/mol. The smallest absolute Gasteiger partial charge is 0.0300 e. The average Bonchev–Trinajstić information content (AvgIpc) is 2.87. The lowest BCUT2D eigenvalue weighted by Crippen LogP contribution is -2.40. The SMILES string of the molecule is CN(CCNCc1cccs1)C1CCC(C)(C)CC1. The van der Waals surface area contributed by atoms with Gasteiger partial charge in [-0.1, -0.05) is 19.9 Å². The van der Waals surface area contributed by atoms with Crippen molar-refractivity contribution in [1.82, 2.24) is 10.2 Å². The summed E-state index contributed by atoms with van der Waals surface area (Å²) in [5.74, 6) is 0. The van der Waals surface area contributed by atoms with Crippen molar-refractivity contribution in [3.05, 3.63) is 22.4 Å². The van der Waals surface area contributed by atoms with Crippen LogP contribution in [-0.2, 0) is 6.54 Å². The number of hydrogen-bond acceptors (Lipinski definition) is 3. The highest BCUT2D eigenvalue weighted by molar-refractivity contribution is 7.09. The van der Waals surface area contributed by atoms with Gasteiger partial charge in [-0.3, -0.25) is 0 Å². The highest BCUT2D eigenvalue weighted by Crippen LogP contribution is 2.36. The molecule has 0 unspecified atom stereocenters. The lowest BCUT2D eigenvalue weighted by Gasteiger charge is -2.38. The Bertz CT molecular complexity index is 349. The van der Waals surface area contributed by atoms with Gasteiger partial charge in [-0.05, 0) is 49.6 Å². The molecule has 2 nitrogen and oxygen atoms in total. The maximum Gasteiger partial charge on any atom is 0.0300 e. The van der Waals surface area contributed by atoms with E-state index in [2.05, 4.69) is 48.6 Å². The second-order valence-electron chi connectivity index (χ2n) is 6.63. The second kappa shape index (κ2) is 6.87. The van der Waals surface area contributed by atoms with Crippen LogP contribution in [0.2, 0.25) is 0 Å². The van der Waals surface area contributed by atoms with Crippen molar-refractivity contribution >= 4 is 11.3 Å². The van der Waals surface area contributed by atoms with E-state index in [9.17, 15) is 0 Å². The number of nitrogens with zero attached hydrogens (tertiary/aromatic N) is 1. The van der Waals surface area contributed by atoms with Crippen LogP contribution in [0.4, 0.5) is 0 Å². The normalized spacial score (nSPS) is 20.0. The number of hydrogen-bond donors (Lipinski definition) is 1. The number of nitrogens with one attached hydrogen (secondary N) is 1. The molecule has 0 aromatic carbocycles. The van der Waals surface area contributed by atoms with Crippen LogP contribution in [-0.4, -0.2) is 31.1 Å². The van der Waals surface area contributed by atoms with Gasteiger partial charge in [-0.2, -0.15) is 0 Å². The number of likely N-dealkylation sites (N-methyl/N-ethyl adjacent to an activating group) is 1. The molecule has 3 heteroatoms. The molecule has 0 spiro atoms. The van der Waals surface area contributed by atoms with Crippen LogP contribution < -0.4 is 5.32 Å². The van der Waals surface area contributed by atoms with Crippen LogP contribution in [0, 0.1) is 5.41 Å². The van der Waals surface area contributed by atoms with Gasteiger partial charge in [-0.25, -0.2) is 0 Å². The minimum atomic E-state index is 0.578. The van der Waals surface area contributed by atoms with E-state index >= 15 is 0 Å². The molecule has 0 bridgehead atoms. The molecule has 1 N–H and O–H groups in total. The van der Waals surface area contributed by atoms with Gasteiger partial charge in [0.2, 0.25) is 0 Å². The Labute approximate surface area is 122 Å². The van der Waals surface area contributed by atoms with Gasteiger partial charge in [0.25, 0.3) is 0 Å². The van der Waals surface area contributed by atoms with E-state index in [0.717, 1.165) is 25.7 Å². The Morgan fingerprint density at radius 1 is 1.37 bits per heavy atom. The van der Waals surface area contributed by atoms with E-state index in [0.29, 0.717) is 5.41 Å². The van der Waals surface area contributed by atoms with Gasteiger partial charge in [0.15, 0.2) is 0 Å². The minimum absolute atomic E-state index is 0.578. The third-order valence-corrected chi connectivity index (χ3v) is 5.33. The lowest BCUT2D eigenvalue weighted by molar-refractivity contribution is 0.128. The van der Waals surface area contributed by atoms with E-state index < -0.39 is 0 Å². The first kappa shape index (κ1) is 15.0. The standard InChI is InChI=1S/C16H28N2S/c1-16(2)8-6-14(7-9-16)18(3)11-10-17-13-15-5-4-12-19-15/h4-5,12,14,17H,6-11,13H2,1-3H3. The molecule has 0 amide bonds. The Morgan fingerprint density at radius 3 is 2.74 bits per heavy atom. The first-order valence-corrected chi connectivity index (χ1v) is 8.38. The Morgan fingerprint density at radius 2 is 2.11 bits per heavy atom. The van der Waals surface area contributed by atoms with Gasteiger partial charge in [0, 0.05) is 30.6 Å². The molecule has 1 fully saturated rings. The predicted molar refractivity (Wildman–Crippen MR) is 84.7 cm³/mol. The van der Waals surface area contributed by atoms with Crippen molar-refractivity contribution in [2.75, 3.05) is 20.1 Å². The van der Waals surface area contributed by atoms with Crippen molar-refractivity contribution in [3.63, 3.8) is 0 Å². The van der Waals surface area contributed by atoms with Crippen LogP contribution in [0.5, 0.6) is 0 Å². The predicted octanol–water partition coefficient (Wildman–Crippen LogP) is 3.74. The zero-order valence-corrected chi connectivity index (χ0v) is 13.4. The van der Waals surface area contributed by atoms with E-state index in [1.165, 1.54) is 30.6 Å². The molecule has 108 valence electrons. The highest BCUT2D eigenvalue weighted by atomic mass is 32.1. The van der Waals surface area contributed by atoms with Crippen molar-refractivity contribution in [2.45, 2.75) is 52.1 Å². The molecular weight excluding hydrogens is 252 g/mol. The lowest BCUT2D eigenvalue weighted by atomic mass is 9.75. The highest BCUT2D eigenvalue weighted by Gasteiger charge is 2.28. The van der Waals surface area contributed by atoms with Gasteiger partial charge in [0.05, 0.1) is 0 Å². The first-order valence-electron chi connectivity index (χ1n) is 7.50. The molecule has 19 heavy (non-hydrogen) atoms. The second-order valence-corrected chi connectivity index (χ2v) is 7.66. The molecule has 1 heterocycles. The summed E-state index contributed by atoms with van der Waals surface area (Å²) in [6, 6.07) is 5.12. The minimum Gasteiger partial charge on any atom is -0.311 e. The van der Waals surface area contributed by atoms with Gasteiger partial charge >= 0.3 is 0 Å². The summed E-state index contributed by atoms with van der Waals surface area (Å²) in [5, 5.41) is 5.69. The Hall–Kier alpha value is -0.380. The van der Waals surface area contributed by atoms with Gasteiger partial charge in [0.1, 0.15) is 0 Å². The zero-order valence-electron chi connectivity index (χ0n) is 12.6. The summed E-state index contributed by atoms with van der Waals surface area (Å²) in [6.45, 7) is 8.09. The van der Waals surface area contributed by atoms with Gasteiger partial charge < -0.3 is 10.2 Å². The van der Waals surface area contributed by atoms with Crippen molar-refractivity contribution in [2.24, 2.45) is 5.41 Å². The van der Waals surface area contributed by atoms with E-state index in [4.69, 9.17) is 0 Å². The molecule has 0 aliphatic heterocycles. The fraction of sp³-hybridized carbons (Fsp3) is 0.750. The molecule has 0 radical (unpaired) electrons. The van der Waals surface area contributed by atoms with E-state index in [1.54, 1.807) is 0 Å². The molecule has 1 aliphatic rings. The molecule has 1 aromatic rings. The van der Waals surface area contributed by atoms with E-state index in [-0.39, 0.29) is 0 Å².